The van der Waals surface area contributed by atoms with E-state index >= 15 is 0 Å². The molecule has 0 bridgehead atoms. The van der Waals surface area contributed by atoms with Gasteiger partial charge in [-0.15, -0.1) is 34.4 Å². The van der Waals surface area contributed by atoms with Crippen molar-refractivity contribution in [3.8, 4) is 9.75 Å². The van der Waals surface area contributed by atoms with E-state index in [2.05, 4.69) is 160 Å². The molecule has 6 aromatic rings. The summed E-state index contributed by atoms with van der Waals surface area (Å²) in [7, 11) is 0. The van der Waals surface area contributed by atoms with Crippen molar-refractivity contribution < 1.29 is 0 Å². The molecular weight excluding hydrogens is 682 g/mol. The molecule has 0 N–H and O–H groups in total. The first kappa shape index (κ1) is 35.5. The minimum atomic E-state index is 0.217. The van der Waals surface area contributed by atoms with Gasteiger partial charge < -0.3 is 0 Å². The number of aryl methyl sites for hydroxylation is 10. The lowest BCUT2D eigenvalue weighted by atomic mass is 9.33. The molecule has 4 aromatic carbocycles. The largest absolute Gasteiger partial charge is 0.255 e. The monoisotopic (exact) mass is 730 g/mol. The van der Waals surface area contributed by atoms with Gasteiger partial charge in [-0.1, -0.05) is 138 Å². The van der Waals surface area contributed by atoms with Crippen LogP contribution in [-0.2, 0) is 6.42 Å². The normalized spacial score (nSPS) is 15.2. The summed E-state index contributed by atoms with van der Waals surface area (Å²) in [5.74, 6) is 0. The highest BCUT2D eigenvalue weighted by Crippen LogP contribution is 2.45. The highest BCUT2D eigenvalue weighted by Gasteiger charge is 2.40. The first-order valence-corrected chi connectivity index (χ1v) is 21.3. The molecule has 4 heterocycles. The molecule has 2 aliphatic heterocycles. The summed E-state index contributed by atoms with van der Waals surface area (Å²) < 4.78 is 1.43. The molecule has 0 radical (unpaired) electrons. The third kappa shape index (κ3) is 6.31. The minimum Gasteiger partial charge on any atom is -0.148 e. The van der Waals surface area contributed by atoms with E-state index in [-0.39, 0.29) is 6.71 Å². The van der Waals surface area contributed by atoms with Crippen molar-refractivity contribution in [2.24, 2.45) is 0 Å². The second kappa shape index (κ2) is 13.7. The fourth-order valence-corrected chi connectivity index (χ4v) is 13.6. The molecule has 0 saturated carbocycles. The number of benzene rings is 4. The minimum absolute atomic E-state index is 0.217. The van der Waals surface area contributed by atoms with Crippen LogP contribution >= 0.6 is 34.4 Å². The van der Waals surface area contributed by atoms with Crippen LogP contribution in [0.25, 0.3) is 14.7 Å². The molecule has 1 atom stereocenters. The Kier molecular flexibility index (Phi) is 9.38. The SMILES string of the molecule is Cc1cc(C)c(B(c2ccc(-c3ccc(C4=CCC(B5c6c(C)cc(C)cc6Cc6cc(C)cc(C)c65)S4)s3)s2)c2c(C)cc(C)cc2C)c(C)c1. The first-order valence-electron chi connectivity index (χ1n) is 18.8. The quantitative estimate of drug-likeness (QED) is 0.154. The zero-order valence-electron chi connectivity index (χ0n) is 32.4. The smallest absolute Gasteiger partial charge is 0.148 e. The topological polar surface area (TPSA) is 0 Å². The lowest BCUT2D eigenvalue weighted by Crippen LogP contribution is -2.57. The summed E-state index contributed by atoms with van der Waals surface area (Å²) in [6.07, 6.45) is 4.69. The third-order valence-corrected chi connectivity index (χ3v) is 15.5. The summed E-state index contributed by atoms with van der Waals surface area (Å²) in [4.78, 5) is 5.60. The molecular formula is C47H48B2S3. The van der Waals surface area contributed by atoms with Gasteiger partial charge in [0.1, 0.15) is 0 Å². The van der Waals surface area contributed by atoms with Crippen molar-refractivity contribution in [1.82, 2.24) is 0 Å². The van der Waals surface area contributed by atoms with Crippen LogP contribution in [0.3, 0.4) is 0 Å². The summed E-state index contributed by atoms with van der Waals surface area (Å²) in [6.45, 7) is 23.5. The maximum absolute atomic E-state index is 2.54. The molecule has 2 aromatic heterocycles. The maximum Gasteiger partial charge on any atom is 0.255 e. The number of hydrogen-bond acceptors (Lipinski definition) is 3. The van der Waals surface area contributed by atoms with E-state index in [9.17, 15) is 0 Å². The van der Waals surface area contributed by atoms with Gasteiger partial charge in [0, 0.05) is 24.7 Å². The van der Waals surface area contributed by atoms with Crippen LogP contribution in [0.1, 0.15) is 78.1 Å². The fourth-order valence-electron chi connectivity index (χ4n) is 9.85. The zero-order valence-corrected chi connectivity index (χ0v) is 34.8. The molecule has 8 rings (SSSR count). The molecule has 52 heavy (non-hydrogen) atoms. The van der Waals surface area contributed by atoms with Crippen molar-refractivity contribution in [2.75, 3.05) is 0 Å². The summed E-state index contributed by atoms with van der Waals surface area (Å²) in [6, 6.07) is 28.7. The van der Waals surface area contributed by atoms with E-state index in [1.54, 1.807) is 10.9 Å². The van der Waals surface area contributed by atoms with Crippen molar-refractivity contribution in [2.45, 2.75) is 87.2 Å². The van der Waals surface area contributed by atoms with E-state index in [1.807, 2.05) is 22.7 Å². The van der Waals surface area contributed by atoms with Gasteiger partial charge in [0.05, 0.1) is 0 Å². The molecule has 1 unspecified atom stereocenters. The Morgan fingerprint density at radius 1 is 0.519 bits per heavy atom. The predicted molar refractivity (Wildman–Crippen MR) is 237 cm³/mol. The molecule has 0 nitrogen and oxygen atoms in total. The summed E-state index contributed by atoms with van der Waals surface area (Å²) in [5.41, 5.74) is 23.0. The van der Waals surface area contributed by atoms with E-state index in [4.69, 9.17) is 0 Å². The second-order valence-corrected chi connectivity index (χ2v) is 19.3. The number of hydrogen-bond donors (Lipinski definition) is 0. The highest BCUT2D eigenvalue weighted by molar-refractivity contribution is 8.10. The van der Waals surface area contributed by atoms with Gasteiger partial charge in [0.25, 0.3) is 6.71 Å². The Bertz CT molecular complexity index is 2260. The Hall–Kier alpha value is -3.50. The Morgan fingerprint density at radius 3 is 1.50 bits per heavy atom. The van der Waals surface area contributed by atoms with Crippen LogP contribution < -0.4 is 26.6 Å². The van der Waals surface area contributed by atoms with Gasteiger partial charge >= 0.3 is 0 Å². The lowest BCUT2D eigenvalue weighted by Gasteiger charge is -2.33. The number of thiophene rings is 2. The van der Waals surface area contributed by atoms with Crippen LogP contribution in [0.15, 0.2) is 78.9 Å². The van der Waals surface area contributed by atoms with Gasteiger partial charge in [-0.2, -0.15) is 0 Å². The average Bonchev–Trinajstić information content (AvgIpc) is 3.83. The lowest BCUT2D eigenvalue weighted by molar-refractivity contribution is 1.13. The number of rotatable bonds is 6. The van der Waals surface area contributed by atoms with E-state index in [0.29, 0.717) is 11.9 Å². The maximum atomic E-state index is 2.54. The molecule has 2 aliphatic rings. The summed E-state index contributed by atoms with van der Waals surface area (Å²) >= 11 is 6.07. The third-order valence-electron chi connectivity index (χ3n) is 11.5. The number of thioether (sulfide) groups is 1. The van der Waals surface area contributed by atoms with E-state index < -0.39 is 0 Å². The van der Waals surface area contributed by atoms with Crippen LogP contribution in [0, 0.1) is 69.2 Å². The van der Waals surface area contributed by atoms with Crippen LogP contribution in [0.4, 0.5) is 0 Å². The predicted octanol–water partition coefficient (Wildman–Crippen LogP) is 9.68. The van der Waals surface area contributed by atoms with Gasteiger partial charge in [0.2, 0.25) is 6.71 Å². The Balaban J connectivity index is 1.12. The molecule has 5 heteroatoms. The van der Waals surface area contributed by atoms with Crippen molar-refractivity contribution in [3.63, 3.8) is 0 Å². The average molecular weight is 731 g/mol. The van der Waals surface area contributed by atoms with Gasteiger partial charge in [-0.25, -0.2) is 0 Å². The zero-order chi connectivity index (χ0) is 36.6. The molecule has 0 spiro atoms. The Morgan fingerprint density at radius 2 is 0.962 bits per heavy atom. The highest BCUT2D eigenvalue weighted by atomic mass is 32.2. The number of fused-ring (bicyclic) bond motifs is 2. The van der Waals surface area contributed by atoms with Crippen molar-refractivity contribution >= 4 is 79.4 Å². The second-order valence-electron chi connectivity index (χ2n) is 15.8. The van der Waals surface area contributed by atoms with Crippen LogP contribution in [0.5, 0.6) is 0 Å². The van der Waals surface area contributed by atoms with Gasteiger partial charge in [0.15, 0.2) is 0 Å². The van der Waals surface area contributed by atoms with Crippen LogP contribution in [-0.4, -0.2) is 18.6 Å². The molecule has 0 amide bonds. The van der Waals surface area contributed by atoms with Crippen molar-refractivity contribution in [3.05, 3.63) is 151 Å². The summed E-state index contributed by atoms with van der Waals surface area (Å²) in [5, 5.41) is 0.497. The van der Waals surface area contributed by atoms with Crippen LogP contribution in [0.2, 0.25) is 0 Å². The van der Waals surface area contributed by atoms with Gasteiger partial charge in [-0.3, -0.25) is 0 Å². The first-order chi connectivity index (χ1) is 24.9. The molecule has 0 saturated heterocycles. The Labute approximate surface area is 325 Å². The molecule has 0 aliphatic carbocycles. The van der Waals surface area contributed by atoms with Gasteiger partial charge in [-0.05, 0) is 116 Å². The van der Waals surface area contributed by atoms with E-state index in [1.165, 1.54) is 102 Å². The fraction of sp³-hybridized carbons (Fsp3) is 0.277. The van der Waals surface area contributed by atoms with Crippen molar-refractivity contribution in [1.29, 1.82) is 0 Å². The molecule has 0 fully saturated rings. The number of allylic oxidation sites excluding steroid dienone is 1. The standard InChI is InChI=1S/C47H48B2S3/c1-26-17-30(5)44(31(6)18-26)48(45-32(7)19-27(2)20-33(45)8)42-15-13-40(51-42)38-11-12-39(50-38)41-14-16-43(52-41)49-46-34(9)21-28(3)23-36(46)25-37-24-29(4)22-35(10)47(37)49/h11-15,17-24,43H,16,25H2,1-10H3. The van der Waals surface area contributed by atoms with E-state index in [0.717, 1.165) is 12.8 Å². The molecule has 260 valence electrons.